The smallest absolute Gasteiger partial charge is 0.293 e. The molecule has 8 nitrogen and oxygen atoms in total. The highest BCUT2D eigenvalue weighted by Crippen LogP contribution is 2.29. The second kappa shape index (κ2) is 10.9. The van der Waals surface area contributed by atoms with E-state index in [1.54, 1.807) is 29.7 Å². The lowest BCUT2D eigenvalue weighted by molar-refractivity contribution is -0.384. The maximum absolute atomic E-state index is 12.6. The Morgan fingerprint density at radius 3 is 2.60 bits per heavy atom. The molecule has 2 heterocycles. The van der Waals surface area contributed by atoms with Gasteiger partial charge in [-0.05, 0) is 50.1 Å². The van der Waals surface area contributed by atoms with Crippen molar-refractivity contribution >= 4 is 28.6 Å². The molecule has 0 fully saturated rings. The van der Waals surface area contributed by atoms with E-state index in [1.807, 2.05) is 61.7 Å². The molecular weight excluding hydrogens is 462 g/mol. The monoisotopic (exact) mass is 487 g/mol. The summed E-state index contributed by atoms with van der Waals surface area (Å²) in [6, 6.07) is 17.8. The number of carbonyl (C=O) groups excluding carboxylic acids is 1. The molecule has 4 rings (SSSR count). The van der Waals surface area contributed by atoms with Gasteiger partial charge in [-0.2, -0.15) is 0 Å². The van der Waals surface area contributed by atoms with E-state index >= 15 is 0 Å². The molecule has 0 saturated heterocycles. The molecule has 2 aromatic carbocycles. The van der Waals surface area contributed by atoms with Gasteiger partial charge in [0.15, 0.2) is 0 Å². The lowest BCUT2D eigenvalue weighted by atomic mass is 10.1. The second-order valence-electron chi connectivity index (χ2n) is 8.06. The first-order valence-corrected chi connectivity index (χ1v) is 12.0. The van der Waals surface area contributed by atoms with Gasteiger partial charge in [0.2, 0.25) is 0 Å². The Balaban J connectivity index is 1.36. The number of aryl methyl sites for hydroxylation is 1. The van der Waals surface area contributed by atoms with Gasteiger partial charge in [0.1, 0.15) is 5.69 Å². The van der Waals surface area contributed by atoms with Crippen molar-refractivity contribution in [2.75, 3.05) is 11.9 Å². The van der Waals surface area contributed by atoms with Crippen molar-refractivity contribution in [1.82, 2.24) is 15.3 Å². The molecule has 0 radical (unpaired) electrons. The first-order chi connectivity index (χ1) is 16.9. The summed E-state index contributed by atoms with van der Waals surface area (Å²) in [5, 5.41) is 20.7. The van der Waals surface area contributed by atoms with Crippen LogP contribution in [0.4, 0.5) is 11.4 Å². The molecule has 0 spiro atoms. The zero-order valence-corrected chi connectivity index (χ0v) is 20.2. The summed E-state index contributed by atoms with van der Waals surface area (Å²) in [7, 11) is 0. The molecule has 0 saturated carbocycles. The number of rotatable bonds is 9. The number of nitro benzene ring substituents is 1. The summed E-state index contributed by atoms with van der Waals surface area (Å²) in [6.07, 6.45) is 2.32. The summed E-state index contributed by atoms with van der Waals surface area (Å²) in [6.45, 7) is 4.27. The SMILES string of the molecule is Cc1nc(-c2ccc(CCNC(=O)c3ccc(NC(C)c4ccccn4)c([N+](=O)[O-])c3)cc2)cs1. The van der Waals surface area contributed by atoms with Crippen LogP contribution in [0.25, 0.3) is 11.3 Å². The summed E-state index contributed by atoms with van der Waals surface area (Å²) in [5.74, 6) is -0.355. The molecule has 1 unspecified atom stereocenters. The quantitative estimate of drug-likeness (QED) is 0.236. The molecule has 1 amide bonds. The number of nitro groups is 1. The van der Waals surface area contributed by atoms with Crippen LogP contribution in [-0.2, 0) is 6.42 Å². The van der Waals surface area contributed by atoms with Crippen LogP contribution < -0.4 is 10.6 Å². The number of benzene rings is 2. The number of aromatic nitrogens is 2. The molecule has 0 aliphatic carbocycles. The number of pyridine rings is 1. The minimum Gasteiger partial charge on any atom is -0.371 e. The number of amides is 1. The van der Waals surface area contributed by atoms with Crippen LogP contribution in [0.1, 0.15) is 39.6 Å². The Hall–Kier alpha value is -4.11. The van der Waals surface area contributed by atoms with Gasteiger partial charge < -0.3 is 10.6 Å². The third kappa shape index (κ3) is 6.07. The minimum atomic E-state index is -0.490. The van der Waals surface area contributed by atoms with Crippen LogP contribution >= 0.6 is 11.3 Å². The number of anilines is 1. The van der Waals surface area contributed by atoms with E-state index in [0.717, 1.165) is 27.5 Å². The third-order valence-corrected chi connectivity index (χ3v) is 6.30. The average Bonchev–Trinajstić information content (AvgIpc) is 3.31. The van der Waals surface area contributed by atoms with Crippen molar-refractivity contribution in [2.24, 2.45) is 0 Å². The fraction of sp³-hybridized carbons (Fsp3) is 0.192. The number of thiazole rings is 1. The Morgan fingerprint density at radius 1 is 1.14 bits per heavy atom. The fourth-order valence-corrected chi connectivity index (χ4v) is 4.27. The molecule has 178 valence electrons. The maximum atomic E-state index is 12.6. The molecule has 0 aliphatic heterocycles. The van der Waals surface area contributed by atoms with Crippen molar-refractivity contribution in [1.29, 1.82) is 0 Å². The van der Waals surface area contributed by atoms with Crippen LogP contribution in [0.15, 0.2) is 72.2 Å². The molecule has 9 heteroatoms. The van der Waals surface area contributed by atoms with Gasteiger partial charge in [-0.15, -0.1) is 11.3 Å². The molecule has 0 bridgehead atoms. The number of nitrogens with zero attached hydrogens (tertiary/aromatic N) is 3. The Labute approximate surface area is 207 Å². The highest BCUT2D eigenvalue weighted by Gasteiger charge is 2.19. The van der Waals surface area contributed by atoms with E-state index in [0.29, 0.717) is 18.7 Å². The van der Waals surface area contributed by atoms with Gasteiger partial charge >= 0.3 is 0 Å². The Morgan fingerprint density at radius 2 is 1.94 bits per heavy atom. The lowest BCUT2D eigenvalue weighted by Gasteiger charge is -2.15. The van der Waals surface area contributed by atoms with Crippen molar-refractivity contribution in [3.63, 3.8) is 0 Å². The molecular formula is C26H25N5O3S. The third-order valence-electron chi connectivity index (χ3n) is 5.53. The highest BCUT2D eigenvalue weighted by atomic mass is 32.1. The highest BCUT2D eigenvalue weighted by molar-refractivity contribution is 7.09. The molecule has 4 aromatic rings. The largest absolute Gasteiger partial charge is 0.371 e. The molecule has 0 aliphatic rings. The van der Waals surface area contributed by atoms with Crippen LogP contribution in [0.5, 0.6) is 0 Å². The Bertz CT molecular complexity index is 1320. The van der Waals surface area contributed by atoms with E-state index < -0.39 is 4.92 Å². The lowest BCUT2D eigenvalue weighted by Crippen LogP contribution is -2.25. The average molecular weight is 488 g/mol. The van der Waals surface area contributed by atoms with Crippen LogP contribution in [0, 0.1) is 17.0 Å². The first-order valence-electron chi connectivity index (χ1n) is 11.2. The number of nitrogens with one attached hydrogen (secondary N) is 2. The maximum Gasteiger partial charge on any atom is 0.293 e. The van der Waals surface area contributed by atoms with Crippen molar-refractivity contribution in [3.05, 3.63) is 104 Å². The summed E-state index contributed by atoms with van der Waals surface area (Å²) < 4.78 is 0. The molecule has 35 heavy (non-hydrogen) atoms. The van der Waals surface area contributed by atoms with Gasteiger partial charge in [0.05, 0.1) is 27.4 Å². The van der Waals surface area contributed by atoms with Crippen molar-refractivity contribution in [3.8, 4) is 11.3 Å². The van der Waals surface area contributed by atoms with Crippen molar-refractivity contribution in [2.45, 2.75) is 26.3 Å². The van der Waals surface area contributed by atoms with Gasteiger partial charge in [0, 0.05) is 35.3 Å². The molecule has 1 atom stereocenters. The van der Waals surface area contributed by atoms with E-state index in [9.17, 15) is 14.9 Å². The normalized spacial score (nSPS) is 11.6. The molecule has 2 N–H and O–H groups in total. The van der Waals surface area contributed by atoms with Crippen LogP contribution in [0.2, 0.25) is 0 Å². The van der Waals surface area contributed by atoms with E-state index in [4.69, 9.17) is 0 Å². The number of carbonyl (C=O) groups is 1. The first kappa shape index (κ1) is 24.0. The standard InChI is InChI=1S/C26H25N5O3S/c1-17(22-5-3-4-13-27-22)29-23-11-10-21(15-25(23)31(33)34)26(32)28-14-12-19-6-8-20(9-7-19)24-16-35-18(2)30-24/h3-11,13,15-17,29H,12,14H2,1-2H3,(H,28,32). The second-order valence-corrected chi connectivity index (χ2v) is 9.13. The molecule has 2 aromatic heterocycles. The number of hydrogen-bond donors (Lipinski definition) is 2. The fourth-order valence-electron chi connectivity index (χ4n) is 3.65. The predicted octanol–water partition coefficient (Wildman–Crippen LogP) is 5.57. The zero-order chi connectivity index (χ0) is 24.8. The van der Waals surface area contributed by atoms with E-state index in [2.05, 4.69) is 20.6 Å². The topological polar surface area (TPSA) is 110 Å². The summed E-state index contributed by atoms with van der Waals surface area (Å²) in [5.41, 5.74) is 4.27. The van der Waals surface area contributed by atoms with Gasteiger partial charge in [0.25, 0.3) is 11.6 Å². The number of hydrogen-bond acceptors (Lipinski definition) is 7. The predicted molar refractivity (Wildman–Crippen MR) is 138 cm³/mol. The van der Waals surface area contributed by atoms with Crippen LogP contribution in [0.3, 0.4) is 0 Å². The van der Waals surface area contributed by atoms with Gasteiger partial charge in [-0.1, -0.05) is 30.3 Å². The summed E-state index contributed by atoms with van der Waals surface area (Å²) >= 11 is 1.62. The van der Waals surface area contributed by atoms with Crippen LogP contribution in [-0.4, -0.2) is 27.3 Å². The zero-order valence-electron chi connectivity index (χ0n) is 19.4. The van der Waals surface area contributed by atoms with Gasteiger partial charge in [-0.3, -0.25) is 19.9 Å². The summed E-state index contributed by atoms with van der Waals surface area (Å²) in [4.78, 5) is 32.6. The minimum absolute atomic E-state index is 0.159. The van der Waals surface area contributed by atoms with Gasteiger partial charge in [-0.25, -0.2) is 4.98 Å². The Kier molecular flexibility index (Phi) is 7.47. The van der Waals surface area contributed by atoms with E-state index in [-0.39, 0.29) is 23.2 Å². The van der Waals surface area contributed by atoms with E-state index in [1.165, 1.54) is 6.07 Å². The van der Waals surface area contributed by atoms with Crippen molar-refractivity contribution < 1.29 is 9.72 Å².